The van der Waals surface area contributed by atoms with E-state index < -0.39 is 0 Å². The summed E-state index contributed by atoms with van der Waals surface area (Å²) in [4.78, 5) is 20.7. The molecule has 8 aromatic carbocycles. The molecule has 0 bridgehead atoms. The fraction of sp³-hybridized carbons (Fsp3) is 0.0175. The molecule has 290 valence electrons. The molecular weight excluding hydrogens is 757 g/mol. The van der Waals surface area contributed by atoms with Crippen molar-refractivity contribution in [3.63, 3.8) is 0 Å². The molecule has 0 spiro atoms. The normalized spacial score (nSPS) is 13.0. The lowest BCUT2D eigenvalue weighted by atomic mass is 9.88. The Morgan fingerprint density at radius 2 is 0.952 bits per heavy atom. The molecule has 1 atom stereocenters. The average Bonchev–Trinajstić information content (AvgIpc) is 3.90. The number of aromatic nitrogens is 4. The van der Waals surface area contributed by atoms with Crippen LogP contribution in [0.25, 0.3) is 101 Å². The number of furan rings is 1. The topological polar surface area (TPSA) is 64.7 Å². The number of nitrogens with zero attached hydrogens (tertiary/aromatic N) is 4. The molecule has 1 unspecified atom stereocenters. The van der Waals surface area contributed by atoms with Crippen molar-refractivity contribution in [1.29, 1.82) is 0 Å². The van der Waals surface area contributed by atoms with Crippen molar-refractivity contribution in [3.05, 3.63) is 229 Å². The minimum Gasteiger partial charge on any atom is -0.456 e. The Morgan fingerprint density at radius 1 is 0.371 bits per heavy atom. The van der Waals surface area contributed by atoms with Crippen LogP contribution in [-0.2, 0) is 0 Å². The van der Waals surface area contributed by atoms with Gasteiger partial charge in [-0.15, -0.1) is 0 Å². The predicted octanol–water partition coefficient (Wildman–Crippen LogP) is 14.3. The molecule has 0 aliphatic heterocycles. The highest BCUT2D eigenvalue weighted by Crippen LogP contribution is 2.52. The number of rotatable bonds is 7. The van der Waals surface area contributed by atoms with Gasteiger partial charge in [-0.05, 0) is 69.3 Å². The first kappa shape index (κ1) is 35.6. The Hall–Kier alpha value is -8.28. The van der Waals surface area contributed by atoms with Crippen LogP contribution in [0.15, 0.2) is 217 Å². The van der Waals surface area contributed by atoms with Gasteiger partial charge in [0.1, 0.15) is 11.2 Å². The van der Waals surface area contributed by atoms with Gasteiger partial charge in [0, 0.05) is 56.3 Å². The molecule has 0 saturated heterocycles. The molecule has 0 radical (unpaired) electrons. The molecule has 3 aromatic heterocycles. The second-order valence-electron chi connectivity index (χ2n) is 15.8. The summed E-state index contributed by atoms with van der Waals surface area (Å²) in [6.45, 7) is 0. The van der Waals surface area contributed by atoms with Crippen LogP contribution in [0.5, 0.6) is 0 Å². The Morgan fingerprint density at radius 3 is 1.66 bits per heavy atom. The van der Waals surface area contributed by atoms with E-state index in [9.17, 15) is 0 Å². The van der Waals surface area contributed by atoms with Crippen molar-refractivity contribution >= 4 is 21.9 Å². The number of pyridine rings is 1. The summed E-state index contributed by atoms with van der Waals surface area (Å²) < 4.78 is 7.02. The lowest BCUT2D eigenvalue weighted by molar-refractivity contribution is 0.662. The maximum Gasteiger partial charge on any atom is 0.166 e. The molecule has 0 fully saturated rings. The van der Waals surface area contributed by atoms with Crippen molar-refractivity contribution in [3.8, 4) is 78.8 Å². The number of fused-ring (bicyclic) bond motifs is 7. The standard InChI is InChI=1S/C57H36N4O/c1-5-16-36(17-6-1)40-24-15-25-41(32-40)43-33-49(57-60-55(38-20-9-3-10-21-38)59-56(61-57)39-22-11-4-12-23-39)53(58-35-43)42-28-29-45-48-31-30-47-44-26-13-14-27-46(44)51(37-18-7-2-8-19-37)52(47)54(48)62-50(45)34-42/h1-35,51H. The Labute approximate surface area is 358 Å². The van der Waals surface area contributed by atoms with Crippen LogP contribution in [0.4, 0.5) is 0 Å². The van der Waals surface area contributed by atoms with E-state index in [1.165, 1.54) is 27.8 Å². The largest absolute Gasteiger partial charge is 0.456 e. The SMILES string of the molecule is c1ccc(-c2cccc(-c3cnc(-c4ccc5c(c4)oc4c6c(ccc45)-c4ccccc4C6c4ccccc4)c(-c4nc(-c5ccccc5)nc(-c5ccccc5)n4)c3)c2)cc1. The molecule has 5 nitrogen and oxygen atoms in total. The summed E-state index contributed by atoms with van der Waals surface area (Å²) >= 11 is 0. The zero-order valence-corrected chi connectivity index (χ0v) is 33.5. The highest BCUT2D eigenvalue weighted by atomic mass is 16.3. The van der Waals surface area contributed by atoms with Crippen LogP contribution in [0, 0.1) is 0 Å². The van der Waals surface area contributed by atoms with Crippen molar-refractivity contribution in [2.24, 2.45) is 0 Å². The van der Waals surface area contributed by atoms with Gasteiger partial charge >= 0.3 is 0 Å². The summed E-state index contributed by atoms with van der Waals surface area (Å²) in [6.07, 6.45) is 1.96. The van der Waals surface area contributed by atoms with E-state index in [1.807, 2.05) is 72.9 Å². The molecule has 0 amide bonds. The zero-order chi connectivity index (χ0) is 41.0. The molecular formula is C57H36N4O. The third kappa shape index (κ3) is 6.10. The van der Waals surface area contributed by atoms with Crippen LogP contribution < -0.4 is 0 Å². The highest BCUT2D eigenvalue weighted by Gasteiger charge is 2.33. The van der Waals surface area contributed by atoms with Crippen LogP contribution >= 0.6 is 0 Å². The fourth-order valence-electron chi connectivity index (χ4n) is 9.13. The van der Waals surface area contributed by atoms with Crippen molar-refractivity contribution < 1.29 is 4.42 Å². The number of benzene rings is 8. The lowest BCUT2D eigenvalue weighted by Crippen LogP contribution is -2.02. The van der Waals surface area contributed by atoms with Gasteiger partial charge in [-0.1, -0.05) is 176 Å². The molecule has 3 heterocycles. The summed E-state index contributed by atoms with van der Waals surface area (Å²) in [5.41, 5.74) is 16.5. The fourth-order valence-corrected chi connectivity index (χ4v) is 9.13. The molecule has 1 aliphatic rings. The van der Waals surface area contributed by atoms with Crippen molar-refractivity contribution in [2.45, 2.75) is 5.92 Å². The Balaban J connectivity index is 1.06. The maximum absolute atomic E-state index is 7.02. The molecule has 12 rings (SSSR count). The van der Waals surface area contributed by atoms with Gasteiger partial charge in [0.05, 0.1) is 5.69 Å². The summed E-state index contributed by atoms with van der Waals surface area (Å²) in [5.74, 6) is 1.78. The maximum atomic E-state index is 7.02. The van der Waals surface area contributed by atoms with Gasteiger partial charge < -0.3 is 4.42 Å². The van der Waals surface area contributed by atoms with Crippen molar-refractivity contribution in [1.82, 2.24) is 19.9 Å². The third-order valence-electron chi connectivity index (χ3n) is 12.1. The molecule has 1 aliphatic carbocycles. The first-order valence-electron chi connectivity index (χ1n) is 20.9. The van der Waals surface area contributed by atoms with Gasteiger partial charge in [-0.25, -0.2) is 15.0 Å². The monoisotopic (exact) mass is 792 g/mol. The Kier molecular flexibility index (Phi) is 8.49. The zero-order valence-electron chi connectivity index (χ0n) is 33.5. The highest BCUT2D eigenvalue weighted by molar-refractivity contribution is 6.10. The van der Waals surface area contributed by atoms with Gasteiger partial charge in [-0.2, -0.15) is 0 Å². The average molecular weight is 793 g/mol. The van der Waals surface area contributed by atoms with Crippen LogP contribution in [0.1, 0.15) is 22.6 Å². The second-order valence-corrected chi connectivity index (χ2v) is 15.8. The van der Waals surface area contributed by atoms with E-state index in [0.717, 1.165) is 72.1 Å². The van der Waals surface area contributed by atoms with Crippen LogP contribution in [0.2, 0.25) is 0 Å². The summed E-state index contributed by atoms with van der Waals surface area (Å²) in [5, 5.41) is 2.15. The molecule has 5 heteroatoms. The molecule has 11 aromatic rings. The molecule has 0 saturated carbocycles. The van der Waals surface area contributed by atoms with Crippen LogP contribution in [-0.4, -0.2) is 19.9 Å². The third-order valence-corrected chi connectivity index (χ3v) is 12.1. The minimum atomic E-state index is 0.0637. The van der Waals surface area contributed by atoms with E-state index >= 15 is 0 Å². The molecule has 0 N–H and O–H groups in total. The number of hydrogen-bond donors (Lipinski definition) is 0. The van der Waals surface area contributed by atoms with Crippen molar-refractivity contribution in [2.75, 3.05) is 0 Å². The first-order chi connectivity index (χ1) is 30.7. The van der Waals surface area contributed by atoms with E-state index in [0.29, 0.717) is 17.5 Å². The Bertz CT molecular complexity index is 3400. The van der Waals surface area contributed by atoms with Gasteiger partial charge in [0.15, 0.2) is 17.5 Å². The van der Waals surface area contributed by atoms with Gasteiger partial charge in [0.2, 0.25) is 0 Å². The van der Waals surface area contributed by atoms with Crippen LogP contribution in [0.3, 0.4) is 0 Å². The lowest BCUT2D eigenvalue weighted by Gasteiger charge is -2.14. The smallest absolute Gasteiger partial charge is 0.166 e. The van der Waals surface area contributed by atoms with E-state index in [4.69, 9.17) is 24.4 Å². The van der Waals surface area contributed by atoms with Gasteiger partial charge in [-0.3, -0.25) is 4.98 Å². The van der Waals surface area contributed by atoms with E-state index in [1.54, 1.807) is 0 Å². The van der Waals surface area contributed by atoms with E-state index in [-0.39, 0.29) is 5.92 Å². The predicted molar refractivity (Wildman–Crippen MR) is 250 cm³/mol. The minimum absolute atomic E-state index is 0.0637. The quantitative estimate of drug-likeness (QED) is 0.161. The summed E-state index contributed by atoms with van der Waals surface area (Å²) in [6, 6.07) is 71.8. The molecule has 62 heavy (non-hydrogen) atoms. The second kappa shape index (κ2) is 14.8. The first-order valence-corrected chi connectivity index (χ1v) is 20.9. The summed E-state index contributed by atoms with van der Waals surface area (Å²) in [7, 11) is 0. The van der Waals surface area contributed by atoms with E-state index in [2.05, 4.69) is 140 Å². The van der Waals surface area contributed by atoms with Gasteiger partial charge in [0.25, 0.3) is 0 Å². The number of hydrogen-bond acceptors (Lipinski definition) is 5.